The van der Waals surface area contributed by atoms with Gasteiger partial charge in [-0.25, -0.2) is 0 Å². The van der Waals surface area contributed by atoms with Crippen molar-refractivity contribution >= 4 is 14.2 Å². The SMILES string of the molecule is CC(C)(C)[Si](C)(C)O[C@@]1(C2=CCCCC2)C[C@]1(C)C(=O)N=[N+]=[N-]. The number of allylic oxidation sites excluding steroid dienone is 1. The van der Waals surface area contributed by atoms with Crippen LogP contribution in [-0.2, 0) is 9.22 Å². The monoisotopic (exact) mass is 335 g/mol. The molecule has 2 aliphatic carbocycles. The van der Waals surface area contributed by atoms with Gasteiger partial charge in [0.05, 0.1) is 11.0 Å². The number of rotatable bonds is 4. The van der Waals surface area contributed by atoms with Crippen LogP contribution in [0.3, 0.4) is 0 Å². The fraction of sp³-hybridized carbons (Fsp3) is 0.824. The second-order valence-corrected chi connectivity index (χ2v) is 13.4. The molecule has 0 bridgehead atoms. The number of carbonyl (C=O) groups excluding carboxylic acids is 1. The molecule has 128 valence electrons. The van der Waals surface area contributed by atoms with Gasteiger partial charge in [-0.05, 0) is 73.4 Å². The van der Waals surface area contributed by atoms with Gasteiger partial charge in [-0.2, -0.15) is 0 Å². The Balaban J connectivity index is 2.42. The van der Waals surface area contributed by atoms with Crippen molar-refractivity contribution in [2.24, 2.45) is 10.5 Å². The van der Waals surface area contributed by atoms with Crippen molar-refractivity contribution in [1.82, 2.24) is 0 Å². The van der Waals surface area contributed by atoms with E-state index in [2.05, 4.69) is 50.0 Å². The van der Waals surface area contributed by atoms with Crippen LogP contribution in [0.4, 0.5) is 0 Å². The molecule has 0 aromatic rings. The van der Waals surface area contributed by atoms with E-state index in [9.17, 15) is 4.79 Å². The maximum atomic E-state index is 12.4. The van der Waals surface area contributed by atoms with Gasteiger partial charge in [0, 0.05) is 4.91 Å². The van der Waals surface area contributed by atoms with Gasteiger partial charge >= 0.3 is 0 Å². The van der Waals surface area contributed by atoms with Crippen LogP contribution in [0, 0.1) is 5.41 Å². The van der Waals surface area contributed by atoms with Crippen molar-refractivity contribution in [3.05, 3.63) is 22.1 Å². The number of carbonyl (C=O) groups is 1. The predicted molar refractivity (Wildman–Crippen MR) is 94.4 cm³/mol. The van der Waals surface area contributed by atoms with E-state index in [0.29, 0.717) is 6.42 Å². The van der Waals surface area contributed by atoms with Crippen LogP contribution in [0.1, 0.15) is 59.8 Å². The van der Waals surface area contributed by atoms with Gasteiger partial charge in [0.2, 0.25) is 5.91 Å². The van der Waals surface area contributed by atoms with Gasteiger partial charge in [-0.3, -0.25) is 4.79 Å². The molecule has 2 atom stereocenters. The van der Waals surface area contributed by atoms with Gasteiger partial charge in [-0.15, -0.1) is 0 Å². The molecule has 0 radical (unpaired) electrons. The highest BCUT2D eigenvalue weighted by molar-refractivity contribution is 6.74. The molecule has 2 aliphatic rings. The summed E-state index contributed by atoms with van der Waals surface area (Å²) < 4.78 is 6.79. The zero-order chi connectivity index (χ0) is 17.5. The first-order valence-electron chi connectivity index (χ1n) is 8.49. The summed E-state index contributed by atoms with van der Waals surface area (Å²) in [6, 6.07) is 0. The van der Waals surface area contributed by atoms with Gasteiger partial charge in [0.1, 0.15) is 0 Å². The molecule has 2 rings (SSSR count). The minimum absolute atomic E-state index is 0.0697. The molecule has 0 aliphatic heterocycles. The summed E-state index contributed by atoms with van der Waals surface area (Å²) in [5, 5.41) is 3.46. The summed E-state index contributed by atoms with van der Waals surface area (Å²) >= 11 is 0. The average molecular weight is 336 g/mol. The van der Waals surface area contributed by atoms with E-state index in [4.69, 9.17) is 9.96 Å². The Labute approximate surface area is 140 Å². The Morgan fingerprint density at radius 1 is 1.39 bits per heavy atom. The Morgan fingerprint density at radius 2 is 2.04 bits per heavy atom. The van der Waals surface area contributed by atoms with Crippen molar-refractivity contribution in [3.8, 4) is 0 Å². The van der Waals surface area contributed by atoms with Crippen LogP contribution < -0.4 is 0 Å². The third kappa shape index (κ3) is 3.00. The van der Waals surface area contributed by atoms with E-state index in [0.717, 1.165) is 19.3 Å². The Morgan fingerprint density at radius 3 is 2.52 bits per heavy atom. The van der Waals surface area contributed by atoms with Crippen molar-refractivity contribution in [1.29, 1.82) is 0 Å². The first-order chi connectivity index (χ1) is 10.5. The molecule has 0 spiro atoms. The van der Waals surface area contributed by atoms with E-state index in [1.165, 1.54) is 12.0 Å². The van der Waals surface area contributed by atoms with Crippen LogP contribution in [0.25, 0.3) is 10.4 Å². The minimum atomic E-state index is -2.05. The summed E-state index contributed by atoms with van der Waals surface area (Å²) in [4.78, 5) is 15.1. The van der Waals surface area contributed by atoms with Crippen LogP contribution in [0.15, 0.2) is 16.8 Å². The molecule has 1 fully saturated rings. The molecular formula is C17H29N3O2Si. The maximum absolute atomic E-state index is 12.4. The molecule has 0 aromatic heterocycles. The molecule has 0 saturated heterocycles. The van der Waals surface area contributed by atoms with Crippen molar-refractivity contribution in [2.75, 3.05) is 0 Å². The summed E-state index contributed by atoms with van der Waals surface area (Å²) in [7, 11) is -2.05. The van der Waals surface area contributed by atoms with Gasteiger partial charge < -0.3 is 4.43 Å². The van der Waals surface area contributed by atoms with Crippen molar-refractivity contribution in [2.45, 2.75) is 83.5 Å². The lowest BCUT2D eigenvalue weighted by molar-refractivity contribution is -0.124. The van der Waals surface area contributed by atoms with Crippen LogP contribution in [0.2, 0.25) is 18.1 Å². The Hall–Kier alpha value is -1.10. The van der Waals surface area contributed by atoms with E-state index in [1.807, 2.05) is 6.92 Å². The van der Waals surface area contributed by atoms with E-state index in [1.54, 1.807) is 0 Å². The number of amides is 1. The highest BCUT2D eigenvalue weighted by Gasteiger charge is 2.72. The van der Waals surface area contributed by atoms with Crippen LogP contribution in [0.5, 0.6) is 0 Å². The molecule has 0 aromatic carbocycles. The van der Waals surface area contributed by atoms with Gasteiger partial charge in [0.15, 0.2) is 8.32 Å². The first-order valence-corrected chi connectivity index (χ1v) is 11.4. The van der Waals surface area contributed by atoms with Crippen molar-refractivity contribution < 1.29 is 9.22 Å². The molecule has 1 saturated carbocycles. The lowest BCUT2D eigenvalue weighted by Crippen LogP contribution is -2.47. The molecule has 1 amide bonds. The summed E-state index contributed by atoms with van der Waals surface area (Å²) in [6.45, 7) is 12.9. The Kier molecular flexibility index (Phi) is 4.57. The highest BCUT2D eigenvalue weighted by Crippen LogP contribution is 2.66. The lowest BCUT2D eigenvalue weighted by Gasteiger charge is -2.42. The largest absolute Gasteiger partial charge is 0.407 e. The normalized spacial score (nSPS) is 31.1. The third-order valence-electron chi connectivity index (χ3n) is 6.02. The van der Waals surface area contributed by atoms with Crippen molar-refractivity contribution in [3.63, 3.8) is 0 Å². The van der Waals surface area contributed by atoms with E-state index < -0.39 is 19.3 Å². The third-order valence-corrected chi connectivity index (χ3v) is 10.5. The topological polar surface area (TPSA) is 75.1 Å². The second kappa shape index (κ2) is 5.76. The molecule has 5 nitrogen and oxygen atoms in total. The second-order valence-electron chi connectivity index (χ2n) is 8.67. The number of nitrogens with zero attached hydrogens (tertiary/aromatic N) is 3. The molecule has 0 heterocycles. The first kappa shape index (κ1) is 18.2. The lowest BCUT2D eigenvalue weighted by atomic mass is 9.89. The summed E-state index contributed by atoms with van der Waals surface area (Å²) in [5.41, 5.74) is 8.64. The van der Waals surface area contributed by atoms with E-state index >= 15 is 0 Å². The predicted octanol–water partition coefficient (Wildman–Crippen LogP) is 5.49. The number of hydrogen-bond acceptors (Lipinski definition) is 2. The molecule has 6 heteroatoms. The standard InChI is InChI=1S/C17H29N3O2Si/c1-15(2,3)23(5,6)22-17(13-10-8-7-9-11-13)12-16(17,4)14(21)19-20-18/h10H,7-9,11-12H2,1-6H3/t16-,17-/m1/s1. The number of azide groups is 1. The van der Waals surface area contributed by atoms with E-state index in [-0.39, 0.29) is 10.9 Å². The number of hydrogen-bond donors (Lipinski definition) is 0. The molecule has 23 heavy (non-hydrogen) atoms. The maximum Gasteiger partial charge on any atom is 0.228 e. The quantitative estimate of drug-likeness (QED) is 0.224. The Bertz CT molecular complexity index is 587. The molecule has 0 N–H and O–H groups in total. The zero-order valence-corrected chi connectivity index (χ0v) is 16.3. The smallest absolute Gasteiger partial charge is 0.228 e. The van der Waals surface area contributed by atoms with Gasteiger partial charge in [-0.1, -0.05) is 26.8 Å². The molecular weight excluding hydrogens is 306 g/mol. The highest BCUT2D eigenvalue weighted by atomic mass is 28.4. The summed E-state index contributed by atoms with van der Waals surface area (Å²) in [5.74, 6) is -0.384. The fourth-order valence-electron chi connectivity index (χ4n) is 3.33. The fourth-order valence-corrected chi connectivity index (χ4v) is 4.93. The average Bonchev–Trinajstić information content (AvgIpc) is 3.06. The zero-order valence-electron chi connectivity index (χ0n) is 15.3. The van der Waals surface area contributed by atoms with Gasteiger partial charge in [0.25, 0.3) is 0 Å². The van der Waals surface area contributed by atoms with Crippen LogP contribution >= 0.6 is 0 Å². The molecule has 0 unspecified atom stereocenters. The summed E-state index contributed by atoms with van der Waals surface area (Å²) in [6.07, 6.45) is 7.25. The minimum Gasteiger partial charge on any atom is -0.407 e. The van der Waals surface area contributed by atoms with Crippen LogP contribution in [-0.4, -0.2) is 19.8 Å².